The van der Waals surface area contributed by atoms with Crippen LogP contribution in [0, 0.1) is 11.7 Å². The van der Waals surface area contributed by atoms with Gasteiger partial charge in [-0.15, -0.1) is 0 Å². The molecule has 0 N–H and O–H groups in total. The van der Waals surface area contributed by atoms with Crippen molar-refractivity contribution < 1.29 is 14.0 Å². The van der Waals surface area contributed by atoms with E-state index in [1.54, 1.807) is 4.90 Å². The Morgan fingerprint density at radius 3 is 2.26 bits per heavy atom. The molecule has 1 atom stereocenters. The maximum Gasteiger partial charge on any atom is 0.253 e. The fourth-order valence-corrected chi connectivity index (χ4v) is 3.51. The summed E-state index contributed by atoms with van der Waals surface area (Å²) in [6.07, 6.45) is 5.05. The predicted octanol–water partition coefficient (Wildman–Crippen LogP) is 2.69. The average molecular weight is 318 g/mol. The van der Waals surface area contributed by atoms with Gasteiger partial charge in [0.05, 0.1) is 5.92 Å². The number of amides is 2. The average Bonchev–Trinajstić information content (AvgIpc) is 2.62. The van der Waals surface area contributed by atoms with Crippen LogP contribution in [0.2, 0.25) is 0 Å². The van der Waals surface area contributed by atoms with Crippen molar-refractivity contribution in [1.82, 2.24) is 9.80 Å². The molecule has 0 spiro atoms. The molecule has 2 aliphatic rings. The first-order valence-corrected chi connectivity index (χ1v) is 8.49. The Morgan fingerprint density at radius 2 is 1.57 bits per heavy atom. The monoisotopic (exact) mass is 318 g/mol. The smallest absolute Gasteiger partial charge is 0.253 e. The van der Waals surface area contributed by atoms with Crippen LogP contribution in [0.3, 0.4) is 0 Å². The molecule has 23 heavy (non-hydrogen) atoms. The Hall–Kier alpha value is -1.91. The van der Waals surface area contributed by atoms with Gasteiger partial charge in [-0.2, -0.15) is 0 Å². The zero-order chi connectivity index (χ0) is 16.2. The van der Waals surface area contributed by atoms with E-state index in [2.05, 4.69) is 0 Å². The molecule has 1 aromatic carbocycles. The Bertz CT molecular complexity index is 567. The van der Waals surface area contributed by atoms with Crippen LogP contribution >= 0.6 is 0 Å². The number of rotatable bonds is 2. The first-order valence-electron chi connectivity index (χ1n) is 8.49. The molecule has 0 bridgehead atoms. The van der Waals surface area contributed by atoms with E-state index in [1.165, 1.54) is 30.7 Å². The van der Waals surface area contributed by atoms with E-state index < -0.39 is 0 Å². The summed E-state index contributed by atoms with van der Waals surface area (Å²) >= 11 is 0. The van der Waals surface area contributed by atoms with Gasteiger partial charge in [0.25, 0.3) is 5.91 Å². The number of piperidine rings is 2. The van der Waals surface area contributed by atoms with Crippen LogP contribution in [0.1, 0.15) is 42.5 Å². The molecule has 0 unspecified atom stereocenters. The van der Waals surface area contributed by atoms with Gasteiger partial charge in [-0.25, -0.2) is 4.39 Å². The van der Waals surface area contributed by atoms with Gasteiger partial charge in [-0.1, -0.05) is 0 Å². The third kappa shape index (κ3) is 3.71. The Balaban J connectivity index is 1.64. The summed E-state index contributed by atoms with van der Waals surface area (Å²) in [6.45, 7) is 2.84. The zero-order valence-electron chi connectivity index (χ0n) is 13.3. The van der Waals surface area contributed by atoms with Crippen molar-refractivity contribution in [2.75, 3.05) is 26.2 Å². The third-order valence-corrected chi connectivity index (χ3v) is 4.82. The lowest BCUT2D eigenvalue weighted by atomic mass is 9.95. The van der Waals surface area contributed by atoms with E-state index in [9.17, 15) is 14.0 Å². The van der Waals surface area contributed by atoms with Crippen molar-refractivity contribution in [2.45, 2.75) is 32.1 Å². The standard InChI is InChI=1S/C18H23FN2O2/c19-16-8-6-14(7-9-16)17(22)21-12-4-5-15(13-21)18(23)20-10-2-1-3-11-20/h6-9,15H,1-5,10-13H2/t15-/m1/s1. The fourth-order valence-electron chi connectivity index (χ4n) is 3.51. The molecule has 0 aliphatic carbocycles. The lowest BCUT2D eigenvalue weighted by Gasteiger charge is -2.36. The summed E-state index contributed by atoms with van der Waals surface area (Å²) in [7, 11) is 0. The molecular formula is C18H23FN2O2. The number of hydrogen-bond acceptors (Lipinski definition) is 2. The zero-order valence-corrected chi connectivity index (χ0v) is 13.3. The summed E-state index contributed by atoms with van der Waals surface area (Å²) in [4.78, 5) is 28.9. The molecule has 0 radical (unpaired) electrons. The van der Waals surface area contributed by atoms with E-state index in [0.29, 0.717) is 18.7 Å². The minimum absolute atomic E-state index is 0.0914. The highest BCUT2D eigenvalue weighted by molar-refractivity contribution is 5.94. The minimum Gasteiger partial charge on any atom is -0.342 e. The van der Waals surface area contributed by atoms with Crippen LogP contribution in [0.15, 0.2) is 24.3 Å². The molecule has 2 heterocycles. The van der Waals surface area contributed by atoms with Gasteiger partial charge >= 0.3 is 0 Å². The SMILES string of the molecule is O=C(c1ccc(F)cc1)N1CCC[C@@H](C(=O)N2CCCCC2)C1. The molecular weight excluding hydrogens is 295 g/mol. The number of likely N-dealkylation sites (tertiary alicyclic amines) is 2. The van der Waals surface area contributed by atoms with Crippen molar-refractivity contribution in [3.63, 3.8) is 0 Å². The van der Waals surface area contributed by atoms with Crippen LogP contribution < -0.4 is 0 Å². The normalized spacial score (nSPS) is 22.0. The summed E-state index contributed by atoms with van der Waals surface area (Å²) in [5.74, 6) is -0.355. The van der Waals surface area contributed by atoms with Crippen molar-refractivity contribution >= 4 is 11.8 Å². The molecule has 4 nitrogen and oxygen atoms in total. The third-order valence-electron chi connectivity index (χ3n) is 4.82. The first-order chi connectivity index (χ1) is 11.1. The molecule has 5 heteroatoms. The van der Waals surface area contributed by atoms with Gasteiger partial charge in [-0.05, 0) is 56.4 Å². The van der Waals surface area contributed by atoms with Crippen molar-refractivity contribution in [3.05, 3.63) is 35.6 Å². The molecule has 0 aromatic heterocycles. The maximum atomic E-state index is 13.0. The van der Waals surface area contributed by atoms with Crippen LogP contribution in [-0.2, 0) is 4.79 Å². The van der Waals surface area contributed by atoms with Crippen molar-refractivity contribution in [3.8, 4) is 0 Å². The lowest BCUT2D eigenvalue weighted by Crippen LogP contribution is -2.47. The molecule has 2 saturated heterocycles. The van der Waals surface area contributed by atoms with E-state index in [0.717, 1.165) is 38.8 Å². The summed E-state index contributed by atoms with van der Waals surface area (Å²) in [5.41, 5.74) is 0.484. The molecule has 1 aromatic rings. The van der Waals surface area contributed by atoms with Crippen LogP contribution in [-0.4, -0.2) is 47.8 Å². The van der Waals surface area contributed by atoms with Gasteiger partial charge in [0.15, 0.2) is 0 Å². The van der Waals surface area contributed by atoms with Gasteiger partial charge in [0.2, 0.25) is 5.91 Å². The van der Waals surface area contributed by atoms with E-state index in [1.807, 2.05) is 4.90 Å². The molecule has 124 valence electrons. The Morgan fingerprint density at radius 1 is 0.913 bits per heavy atom. The van der Waals surface area contributed by atoms with Gasteiger partial charge < -0.3 is 9.80 Å². The second kappa shape index (κ2) is 7.11. The van der Waals surface area contributed by atoms with Gasteiger partial charge in [0.1, 0.15) is 5.82 Å². The van der Waals surface area contributed by atoms with Gasteiger partial charge in [-0.3, -0.25) is 9.59 Å². The molecule has 3 rings (SSSR count). The second-order valence-electron chi connectivity index (χ2n) is 6.48. The molecule has 2 amide bonds. The predicted molar refractivity (Wildman–Crippen MR) is 85.5 cm³/mol. The van der Waals surface area contributed by atoms with Crippen LogP contribution in [0.25, 0.3) is 0 Å². The number of benzene rings is 1. The number of hydrogen-bond donors (Lipinski definition) is 0. The Labute approximate surface area is 136 Å². The highest BCUT2D eigenvalue weighted by Crippen LogP contribution is 2.22. The highest BCUT2D eigenvalue weighted by Gasteiger charge is 2.31. The largest absolute Gasteiger partial charge is 0.342 e. The number of halogens is 1. The summed E-state index contributed by atoms with van der Waals surface area (Å²) < 4.78 is 13.0. The second-order valence-corrected chi connectivity index (χ2v) is 6.48. The minimum atomic E-state index is -0.349. The molecule has 2 fully saturated rings. The van der Waals surface area contributed by atoms with E-state index in [-0.39, 0.29) is 23.5 Å². The van der Waals surface area contributed by atoms with Crippen LogP contribution in [0.5, 0.6) is 0 Å². The number of carbonyl (C=O) groups is 2. The van der Waals surface area contributed by atoms with E-state index >= 15 is 0 Å². The van der Waals surface area contributed by atoms with Crippen molar-refractivity contribution in [1.29, 1.82) is 0 Å². The maximum absolute atomic E-state index is 13.0. The van der Waals surface area contributed by atoms with Crippen molar-refractivity contribution in [2.24, 2.45) is 5.92 Å². The van der Waals surface area contributed by atoms with Crippen LogP contribution in [0.4, 0.5) is 4.39 Å². The topological polar surface area (TPSA) is 40.6 Å². The fraction of sp³-hybridized carbons (Fsp3) is 0.556. The first kappa shape index (κ1) is 16.0. The number of carbonyl (C=O) groups excluding carboxylic acids is 2. The number of nitrogens with zero attached hydrogens (tertiary/aromatic N) is 2. The molecule has 0 saturated carbocycles. The summed E-state index contributed by atoms with van der Waals surface area (Å²) in [5, 5.41) is 0. The lowest BCUT2D eigenvalue weighted by molar-refractivity contribution is -0.137. The molecule has 2 aliphatic heterocycles. The highest BCUT2D eigenvalue weighted by atomic mass is 19.1. The van der Waals surface area contributed by atoms with E-state index in [4.69, 9.17) is 0 Å². The quantitative estimate of drug-likeness (QED) is 0.841. The Kier molecular flexibility index (Phi) is 4.94. The summed E-state index contributed by atoms with van der Waals surface area (Å²) in [6, 6.07) is 5.61. The van der Waals surface area contributed by atoms with Gasteiger partial charge in [0, 0.05) is 31.7 Å².